The summed E-state index contributed by atoms with van der Waals surface area (Å²) in [7, 11) is 0. The summed E-state index contributed by atoms with van der Waals surface area (Å²) in [5.74, 6) is -0.719. The fraction of sp³-hybridized carbons (Fsp3) is 0.333. The molecule has 0 radical (unpaired) electrons. The van der Waals surface area contributed by atoms with Crippen LogP contribution < -0.4 is 0 Å². The van der Waals surface area contributed by atoms with Gasteiger partial charge in [0.2, 0.25) is 6.33 Å². The largest absolute Gasteiger partial charge is 0.444 e. The predicted octanol–water partition coefficient (Wildman–Crippen LogP) is 0.312. The molecule has 0 fully saturated rings. The van der Waals surface area contributed by atoms with E-state index in [0.717, 1.165) is 0 Å². The van der Waals surface area contributed by atoms with Gasteiger partial charge in [-0.2, -0.15) is 0 Å². The number of esters is 1. The highest BCUT2D eigenvalue weighted by Gasteiger charge is 2.09. The van der Waals surface area contributed by atoms with E-state index in [4.69, 9.17) is 0 Å². The van der Waals surface area contributed by atoms with Gasteiger partial charge in [0.25, 0.3) is 0 Å². The molecule has 0 aliphatic carbocycles. The van der Waals surface area contributed by atoms with Crippen molar-refractivity contribution in [2.45, 2.75) is 13.7 Å². The Morgan fingerprint density at radius 2 is 2.54 bits per heavy atom. The summed E-state index contributed by atoms with van der Waals surface area (Å²) in [5.41, 5.74) is 0. The van der Waals surface area contributed by atoms with E-state index >= 15 is 0 Å². The topological polar surface area (TPSA) is 87.3 Å². The van der Waals surface area contributed by atoms with E-state index in [2.05, 4.69) is 9.72 Å². The molecule has 0 aliphatic rings. The van der Waals surface area contributed by atoms with Gasteiger partial charge in [-0.25, -0.2) is 0 Å². The maximum absolute atomic E-state index is 10.4. The van der Waals surface area contributed by atoms with Crippen molar-refractivity contribution in [1.82, 2.24) is 9.55 Å². The Hall–Kier alpha value is -1.92. The number of carbonyl (C=O) groups is 1. The first-order valence-electron chi connectivity index (χ1n) is 3.39. The third kappa shape index (κ3) is 2.55. The first-order valence-corrected chi connectivity index (χ1v) is 3.39. The summed E-state index contributed by atoms with van der Waals surface area (Å²) in [6.07, 6.45) is 2.41. The predicted molar refractivity (Wildman–Crippen MR) is 40.6 cm³/mol. The van der Waals surface area contributed by atoms with Crippen LogP contribution in [0.5, 0.6) is 0 Å². The van der Waals surface area contributed by atoms with Crippen molar-refractivity contribution in [3.8, 4) is 0 Å². The lowest BCUT2D eigenvalue weighted by Crippen LogP contribution is -2.04. The average Bonchev–Trinajstić information content (AvgIpc) is 2.48. The first kappa shape index (κ1) is 9.17. The molecule has 0 unspecified atom stereocenters. The van der Waals surface area contributed by atoms with Gasteiger partial charge in [0.1, 0.15) is 6.20 Å². The molecule has 0 saturated carbocycles. The molecule has 0 amide bonds. The molecule has 70 valence electrons. The van der Waals surface area contributed by atoms with E-state index in [9.17, 15) is 14.9 Å². The quantitative estimate of drug-likeness (QED) is 0.384. The fourth-order valence-corrected chi connectivity index (χ4v) is 0.679. The summed E-state index contributed by atoms with van der Waals surface area (Å²) in [6, 6.07) is 0. The molecule has 0 bridgehead atoms. The SMILES string of the molecule is CC(=O)OCn1cnc([N+](=O)[O-])c1. The second kappa shape index (κ2) is 3.65. The van der Waals surface area contributed by atoms with E-state index in [1.54, 1.807) is 0 Å². The number of aromatic nitrogens is 2. The van der Waals surface area contributed by atoms with Gasteiger partial charge in [0.15, 0.2) is 6.73 Å². The molecule has 1 aromatic heterocycles. The second-order valence-electron chi connectivity index (χ2n) is 2.27. The van der Waals surface area contributed by atoms with Crippen molar-refractivity contribution >= 4 is 11.8 Å². The molecule has 13 heavy (non-hydrogen) atoms. The van der Waals surface area contributed by atoms with Crippen LogP contribution in [0.15, 0.2) is 12.5 Å². The van der Waals surface area contributed by atoms with Gasteiger partial charge < -0.3 is 14.9 Å². The van der Waals surface area contributed by atoms with Crippen molar-refractivity contribution in [2.75, 3.05) is 0 Å². The van der Waals surface area contributed by atoms with Crippen molar-refractivity contribution in [2.24, 2.45) is 0 Å². The second-order valence-corrected chi connectivity index (χ2v) is 2.27. The van der Waals surface area contributed by atoms with Crippen LogP contribution >= 0.6 is 0 Å². The van der Waals surface area contributed by atoms with Gasteiger partial charge in [-0.1, -0.05) is 0 Å². The highest BCUT2D eigenvalue weighted by molar-refractivity contribution is 5.65. The Balaban J connectivity index is 2.59. The van der Waals surface area contributed by atoms with Crippen molar-refractivity contribution in [3.63, 3.8) is 0 Å². The molecule has 1 rings (SSSR count). The van der Waals surface area contributed by atoms with E-state index in [1.165, 1.54) is 24.0 Å². The van der Waals surface area contributed by atoms with Gasteiger partial charge in [-0.05, 0) is 9.91 Å². The third-order valence-corrected chi connectivity index (χ3v) is 1.22. The van der Waals surface area contributed by atoms with Crippen molar-refractivity contribution < 1.29 is 14.5 Å². The minimum Gasteiger partial charge on any atom is -0.444 e. The molecule has 0 aromatic carbocycles. The monoisotopic (exact) mass is 185 g/mol. The summed E-state index contributed by atoms with van der Waals surface area (Å²) in [4.78, 5) is 23.4. The van der Waals surface area contributed by atoms with E-state index < -0.39 is 10.9 Å². The molecule has 7 heteroatoms. The Labute approximate surface area is 73.1 Å². The highest BCUT2D eigenvalue weighted by Crippen LogP contribution is 2.05. The van der Waals surface area contributed by atoms with Crippen LogP contribution in [0.4, 0.5) is 5.82 Å². The van der Waals surface area contributed by atoms with Gasteiger partial charge in [0, 0.05) is 6.92 Å². The highest BCUT2D eigenvalue weighted by atomic mass is 16.6. The lowest BCUT2D eigenvalue weighted by molar-refractivity contribution is -0.389. The van der Waals surface area contributed by atoms with Crippen LogP contribution in [0.1, 0.15) is 6.92 Å². The number of imidazole rings is 1. The van der Waals surface area contributed by atoms with Crippen molar-refractivity contribution in [1.29, 1.82) is 0 Å². The van der Waals surface area contributed by atoms with Crippen LogP contribution in [0.25, 0.3) is 0 Å². The van der Waals surface area contributed by atoms with Gasteiger partial charge >= 0.3 is 11.8 Å². The molecule has 0 saturated heterocycles. The number of nitro groups is 1. The summed E-state index contributed by atoms with van der Waals surface area (Å²) in [6.45, 7) is 1.20. The maximum atomic E-state index is 10.4. The van der Waals surface area contributed by atoms with Crippen LogP contribution in [0.3, 0.4) is 0 Å². The molecule has 0 spiro atoms. The molecular weight excluding hydrogens is 178 g/mol. The minimum absolute atomic E-state index is 0.0594. The molecule has 7 nitrogen and oxygen atoms in total. The smallest absolute Gasteiger partial charge is 0.381 e. The zero-order valence-corrected chi connectivity index (χ0v) is 6.84. The average molecular weight is 185 g/mol. The van der Waals surface area contributed by atoms with Crippen molar-refractivity contribution in [3.05, 3.63) is 22.6 Å². The number of hydrogen-bond donors (Lipinski definition) is 0. The third-order valence-electron chi connectivity index (χ3n) is 1.22. The number of hydrogen-bond acceptors (Lipinski definition) is 5. The number of ether oxygens (including phenoxy) is 1. The number of nitrogens with zero attached hydrogens (tertiary/aromatic N) is 3. The number of rotatable bonds is 3. The van der Waals surface area contributed by atoms with Crippen LogP contribution in [0, 0.1) is 10.1 Å². The first-order chi connectivity index (χ1) is 6.09. The lowest BCUT2D eigenvalue weighted by atomic mass is 10.8. The normalized spacial score (nSPS) is 9.62. The Bertz CT molecular complexity index is 332. The summed E-state index contributed by atoms with van der Waals surface area (Å²) < 4.78 is 5.89. The van der Waals surface area contributed by atoms with Gasteiger partial charge in [0.05, 0.1) is 0 Å². The van der Waals surface area contributed by atoms with E-state index in [1.807, 2.05) is 0 Å². The Morgan fingerprint density at radius 1 is 1.85 bits per heavy atom. The van der Waals surface area contributed by atoms with Gasteiger partial charge in [-0.15, -0.1) is 0 Å². The molecule has 0 atom stereocenters. The van der Waals surface area contributed by atoms with Crippen LogP contribution in [0.2, 0.25) is 0 Å². The molecule has 1 aromatic rings. The van der Waals surface area contributed by atoms with Gasteiger partial charge in [-0.3, -0.25) is 9.36 Å². The standard InChI is InChI=1S/C6H7N3O4/c1-5(10)13-4-8-2-6(7-3-8)9(11)12/h2-3H,4H2,1H3. The van der Waals surface area contributed by atoms with E-state index in [-0.39, 0.29) is 12.5 Å². The summed E-state index contributed by atoms with van der Waals surface area (Å²) >= 11 is 0. The number of carbonyl (C=O) groups excluding carboxylic acids is 1. The molecule has 0 aliphatic heterocycles. The zero-order chi connectivity index (χ0) is 9.84. The fourth-order valence-electron chi connectivity index (χ4n) is 0.679. The lowest BCUT2D eigenvalue weighted by Gasteiger charge is -1.98. The van der Waals surface area contributed by atoms with Crippen LogP contribution in [-0.2, 0) is 16.3 Å². The minimum atomic E-state index is -0.621. The molecule has 0 N–H and O–H groups in total. The summed E-state index contributed by atoms with van der Waals surface area (Å²) in [5, 5.41) is 10.2. The molecule has 1 heterocycles. The van der Waals surface area contributed by atoms with Crippen LogP contribution in [-0.4, -0.2) is 20.4 Å². The zero-order valence-electron chi connectivity index (χ0n) is 6.84. The Kier molecular flexibility index (Phi) is 2.58. The molecular formula is C6H7N3O4. The van der Waals surface area contributed by atoms with E-state index in [0.29, 0.717) is 0 Å². The maximum Gasteiger partial charge on any atom is 0.381 e. The Morgan fingerprint density at radius 3 is 3.00 bits per heavy atom.